The maximum Gasteiger partial charge on any atom is 0.251 e. The lowest BCUT2D eigenvalue weighted by Gasteiger charge is -2.30. The number of benzene rings is 2. The second kappa shape index (κ2) is 8.21. The van der Waals surface area contributed by atoms with Crippen LogP contribution in [0.2, 0.25) is 0 Å². The van der Waals surface area contributed by atoms with Crippen LogP contribution in [0.4, 0.5) is 0 Å². The summed E-state index contributed by atoms with van der Waals surface area (Å²) < 4.78 is 32.3. The van der Waals surface area contributed by atoms with Crippen molar-refractivity contribution >= 4 is 15.9 Å². The summed E-state index contributed by atoms with van der Waals surface area (Å²) in [6.07, 6.45) is -0.127. The highest BCUT2D eigenvalue weighted by Gasteiger charge is 2.29. The smallest absolute Gasteiger partial charge is 0.251 e. The maximum absolute atomic E-state index is 12.7. The molecule has 1 aliphatic rings. The summed E-state index contributed by atoms with van der Waals surface area (Å²) in [6, 6.07) is 15.6. The molecular weight excluding hydrogens is 364 g/mol. The number of rotatable bonds is 5. The van der Waals surface area contributed by atoms with Gasteiger partial charge in [-0.15, -0.1) is 0 Å². The van der Waals surface area contributed by atoms with Crippen molar-refractivity contribution in [3.63, 3.8) is 0 Å². The zero-order valence-electron chi connectivity index (χ0n) is 15.5. The third-order valence-corrected chi connectivity index (χ3v) is 6.48. The lowest BCUT2D eigenvalue weighted by molar-refractivity contribution is 0.0102. The SMILES string of the molecule is CC1CN(S(=O)(=O)c2ccc(C(=O)NC(C)c3ccccc3)cc2)CCO1. The summed E-state index contributed by atoms with van der Waals surface area (Å²) in [7, 11) is -3.58. The van der Waals surface area contributed by atoms with E-state index in [1.54, 1.807) is 12.1 Å². The fourth-order valence-electron chi connectivity index (χ4n) is 3.04. The molecule has 1 N–H and O–H groups in total. The van der Waals surface area contributed by atoms with Gasteiger partial charge in [0.25, 0.3) is 5.91 Å². The quantitative estimate of drug-likeness (QED) is 0.854. The topological polar surface area (TPSA) is 75.7 Å². The molecule has 0 aliphatic carbocycles. The van der Waals surface area contributed by atoms with Crippen LogP contribution in [0.5, 0.6) is 0 Å². The molecule has 1 saturated heterocycles. The number of nitrogens with one attached hydrogen (secondary N) is 1. The van der Waals surface area contributed by atoms with Gasteiger partial charge >= 0.3 is 0 Å². The monoisotopic (exact) mass is 388 g/mol. The molecular formula is C20H24N2O4S. The molecule has 2 aromatic carbocycles. The number of carbonyl (C=O) groups is 1. The molecule has 0 saturated carbocycles. The average Bonchev–Trinajstić information content (AvgIpc) is 2.68. The van der Waals surface area contributed by atoms with Crippen molar-refractivity contribution in [3.8, 4) is 0 Å². The maximum atomic E-state index is 12.7. The van der Waals surface area contributed by atoms with Gasteiger partial charge in [0, 0.05) is 18.7 Å². The first-order valence-corrected chi connectivity index (χ1v) is 10.4. The molecule has 1 heterocycles. The number of ether oxygens (including phenoxy) is 1. The zero-order valence-corrected chi connectivity index (χ0v) is 16.3. The van der Waals surface area contributed by atoms with E-state index in [-0.39, 0.29) is 22.9 Å². The predicted octanol–water partition coefficient (Wildman–Crippen LogP) is 2.59. The van der Waals surface area contributed by atoms with Gasteiger partial charge < -0.3 is 10.1 Å². The number of hydrogen-bond donors (Lipinski definition) is 1. The lowest BCUT2D eigenvalue weighted by Crippen LogP contribution is -2.44. The fourth-order valence-corrected chi connectivity index (χ4v) is 4.54. The molecule has 0 spiro atoms. The number of nitrogens with zero attached hydrogens (tertiary/aromatic N) is 1. The van der Waals surface area contributed by atoms with E-state index >= 15 is 0 Å². The summed E-state index contributed by atoms with van der Waals surface area (Å²) in [5, 5.41) is 2.92. The van der Waals surface area contributed by atoms with Gasteiger partial charge in [-0.1, -0.05) is 30.3 Å². The Morgan fingerprint density at radius 2 is 1.81 bits per heavy atom. The zero-order chi connectivity index (χ0) is 19.4. The lowest BCUT2D eigenvalue weighted by atomic mass is 10.1. The van der Waals surface area contributed by atoms with E-state index in [1.165, 1.54) is 16.4 Å². The average molecular weight is 388 g/mol. The Labute approximate surface area is 160 Å². The number of amides is 1. The first-order chi connectivity index (χ1) is 12.9. The summed E-state index contributed by atoms with van der Waals surface area (Å²) in [4.78, 5) is 12.6. The van der Waals surface area contributed by atoms with Gasteiger partial charge in [0.05, 0.1) is 23.6 Å². The second-order valence-corrected chi connectivity index (χ2v) is 8.61. The van der Waals surface area contributed by atoms with Crippen LogP contribution in [0.25, 0.3) is 0 Å². The van der Waals surface area contributed by atoms with Crippen molar-refractivity contribution in [2.24, 2.45) is 0 Å². The van der Waals surface area contributed by atoms with Crippen LogP contribution < -0.4 is 5.32 Å². The Bertz CT molecular complexity index is 882. The third-order valence-electron chi connectivity index (χ3n) is 4.61. The highest BCUT2D eigenvalue weighted by Crippen LogP contribution is 2.20. The van der Waals surface area contributed by atoms with Crippen molar-refractivity contribution < 1.29 is 17.9 Å². The number of hydrogen-bond acceptors (Lipinski definition) is 4. The molecule has 7 heteroatoms. The van der Waals surface area contributed by atoms with Gasteiger partial charge in [0.2, 0.25) is 10.0 Å². The molecule has 3 rings (SSSR count). The molecule has 0 aromatic heterocycles. The minimum atomic E-state index is -3.58. The Morgan fingerprint density at radius 3 is 2.44 bits per heavy atom. The summed E-state index contributed by atoms with van der Waals surface area (Å²) in [5.41, 5.74) is 1.43. The molecule has 2 aromatic rings. The molecule has 27 heavy (non-hydrogen) atoms. The van der Waals surface area contributed by atoms with E-state index < -0.39 is 10.0 Å². The Hall–Kier alpha value is -2.22. The van der Waals surface area contributed by atoms with Gasteiger partial charge in [-0.2, -0.15) is 4.31 Å². The molecule has 6 nitrogen and oxygen atoms in total. The highest BCUT2D eigenvalue weighted by molar-refractivity contribution is 7.89. The molecule has 1 fully saturated rings. The van der Waals surface area contributed by atoms with Gasteiger partial charge in [-0.25, -0.2) is 8.42 Å². The van der Waals surface area contributed by atoms with E-state index in [0.29, 0.717) is 25.3 Å². The highest BCUT2D eigenvalue weighted by atomic mass is 32.2. The third kappa shape index (κ3) is 4.55. The van der Waals surface area contributed by atoms with E-state index in [4.69, 9.17) is 4.74 Å². The van der Waals surface area contributed by atoms with E-state index in [2.05, 4.69) is 5.32 Å². The Balaban J connectivity index is 1.70. The first-order valence-electron chi connectivity index (χ1n) is 8.95. The number of morpholine rings is 1. The minimum absolute atomic E-state index is 0.127. The summed E-state index contributed by atoms with van der Waals surface area (Å²) in [5.74, 6) is -0.240. The van der Waals surface area contributed by atoms with E-state index in [0.717, 1.165) is 5.56 Å². The Kier molecular flexibility index (Phi) is 5.94. The summed E-state index contributed by atoms with van der Waals surface area (Å²) in [6.45, 7) is 4.82. The first kappa shape index (κ1) is 19.5. The fraction of sp³-hybridized carbons (Fsp3) is 0.350. The Morgan fingerprint density at radius 1 is 1.15 bits per heavy atom. The van der Waals surface area contributed by atoms with Crippen LogP contribution in [-0.2, 0) is 14.8 Å². The van der Waals surface area contributed by atoms with Crippen LogP contribution in [-0.4, -0.2) is 44.4 Å². The summed E-state index contributed by atoms with van der Waals surface area (Å²) >= 11 is 0. The van der Waals surface area contributed by atoms with Crippen molar-refractivity contribution in [1.29, 1.82) is 0 Å². The van der Waals surface area contributed by atoms with E-state index in [9.17, 15) is 13.2 Å². The predicted molar refractivity (Wildman–Crippen MR) is 103 cm³/mol. The molecule has 2 atom stereocenters. The molecule has 0 radical (unpaired) electrons. The van der Waals surface area contributed by atoms with Crippen LogP contribution in [0, 0.1) is 0 Å². The number of sulfonamides is 1. The molecule has 144 valence electrons. The largest absolute Gasteiger partial charge is 0.376 e. The van der Waals surface area contributed by atoms with Crippen molar-refractivity contribution in [3.05, 3.63) is 65.7 Å². The van der Waals surface area contributed by atoms with Crippen LogP contribution in [0.15, 0.2) is 59.5 Å². The molecule has 2 unspecified atom stereocenters. The number of carbonyl (C=O) groups excluding carboxylic acids is 1. The van der Waals surface area contributed by atoms with Gasteiger partial charge in [0.1, 0.15) is 0 Å². The second-order valence-electron chi connectivity index (χ2n) is 6.67. The van der Waals surface area contributed by atoms with Crippen LogP contribution in [0.3, 0.4) is 0 Å². The van der Waals surface area contributed by atoms with Crippen molar-refractivity contribution in [2.75, 3.05) is 19.7 Å². The standard InChI is InChI=1S/C20H24N2O4S/c1-15-14-22(12-13-26-15)27(24,25)19-10-8-18(9-11-19)20(23)21-16(2)17-6-4-3-5-7-17/h3-11,15-16H,12-14H2,1-2H3,(H,21,23). The van der Waals surface area contributed by atoms with Gasteiger partial charge in [-0.05, 0) is 43.7 Å². The van der Waals surface area contributed by atoms with Gasteiger partial charge in [-0.3, -0.25) is 4.79 Å². The van der Waals surface area contributed by atoms with Gasteiger partial charge in [0.15, 0.2) is 0 Å². The molecule has 1 amide bonds. The van der Waals surface area contributed by atoms with Crippen LogP contribution in [0.1, 0.15) is 35.8 Å². The van der Waals surface area contributed by atoms with Crippen molar-refractivity contribution in [2.45, 2.75) is 30.9 Å². The molecule has 0 bridgehead atoms. The molecule has 1 aliphatic heterocycles. The van der Waals surface area contributed by atoms with Crippen LogP contribution >= 0.6 is 0 Å². The van der Waals surface area contributed by atoms with E-state index in [1.807, 2.05) is 44.2 Å². The normalized spacial score (nSPS) is 19.4. The minimum Gasteiger partial charge on any atom is -0.376 e. The van der Waals surface area contributed by atoms with Crippen molar-refractivity contribution in [1.82, 2.24) is 9.62 Å².